The summed E-state index contributed by atoms with van der Waals surface area (Å²) in [6.07, 6.45) is -0.167. The van der Waals surface area contributed by atoms with Crippen LogP contribution in [-0.2, 0) is 6.42 Å². The van der Waals surface area contributed by atoms with Crippen molar-refractivity contribution in [3.63, 3.8) is 0 Å². The number of hydrogen-bond acceptors (Lipinski definition) is 3. The summed E-state index contributed by atoms with van der Waals surface area (Å²) in [6.45, 7) is 0. The Hall–Kier alpha value is -1.36. The molecule has 2 unspecified atom stereocenters. The van der Waals surface area contributed by atoms with Crippen molar-refractivity contribution in [1.82, 2.24) is 0 Å². The smallest absolute Gasteiger partial charge is 0.124 e. The highest BCUT2D eigenvalue weighted by Gasteiger charge is 2.21. The summed E-state index contributed by atoms with van der Waals surface area (Å²) in [5.74, 6) is 0.643. The molecule has 0 aliphatic carbocycles. The fraction of sp³-hybridized carbons (Fsp3) is 0.250. The van der Waals surface area contributed by atoms with Crippen LogP contribution in [0.3, 0.4) is 0 Å². The van der Waals surface area contributed by atoms with Gasteiger partial charge in [0.05, 0.1) is 13.2 Å². The highest BCUT2D eigenvalue weighted by atomic mass is 79.9. The van der Waals surface area contributed by atoms with Crippen LogP contribution < -0.4 is 10.5 Å². The van der Waals surface area contributed by atoms with Crippen LogP contribution in [0.5, 0.6) is 5.75 Å². The first-order valence-electron chi connectivity index (χ1n) is 6.43. The molecule has 0 spiro atoms. The predicted octanol–water partition coefficient (Wildman–Crippen LogP) is 3.06. The zero-order chi connectivity index (χ0) is 14.5. The van der Waals surface area contributed by atoms with Crippen molar-refractivity contribution >= 4 is 15.9 Å². The number of methoxy groups -OCH3 is 1. The van der Waals surface area contributed by atoms with Gasteiger partial charge in [-0.3, -0.25) is 0 Å². The van der Waals surface area contributed by atoms with Crippen LogP contribution in [0.1, 0.15) is 17.2 Å². The summed E-state index contributed by atoms with van der Waals surface area (Å²) in [5.41, 5.74) is 7.94. The Balaban J connectivity index is 2.18. The lowest BCUT2D eigenvalue weighted by Gasteiger charge is -2.21. The number of nitrogens with two attached hydrogens (primary N) is 1. The molecule has 2 atom stereocenters. The summed E-state index contributed by atoms with van der Waals surface area (Å²) >= 11 is 3.40. The first-order chi connectivity index (χ1) is 9.61. The molecule has 20 heavy (non-hydrogen) atoms. The maximum Gasteiger partial charge on any atom is 0.124 e. The number of aliphatic hydroxyl groups excluding tert-OH is 1. The van der Waals surface area contributed by atoms with Gasteiger partial charge in [0.25, 0.3) is 0 Å². The van der Waals surface area contributed by atoms with E-state index in [1.807, 2.05) is 48.5 Å². The molecule has 0 saturated heterocycles. The predicted molar refractivity (Wildman–Crippen MR) is 83.8 cm³/mol. The molecule has 3 nitrogen and oxygen atoms in total. The van der Waals surface area contributed by atoms with Crippen LogP contribution in [0.4, 0.5) is 0 Å². The standard InChI is InChI=1S/C16H18BrNO2/c1-20-15-8-7-12(17)10-13(15)16(19)14(18)9-11-5-3-2-4-6-11/h2-8,10,14,16,19H,9,18H2,1H3. The molecule has 0 saturated carbocycles. The van der Waals surface area contributed by atoms with E-state index in [2.05, 4.69) is 15.9 Å². The lowest BCUT2D eigenvalue weighted by Crippen LogP contribution is -2.30. The Morgan fingerprint density at radius 1 is 1.20 bits per heavy atom. The van der Waals surface area contributed by atoms with Gasteiger partial charge >= 0.3 is 0 Å². The number of halogens is 1. The zero-order valence-electron chi connectivity index (χ0n) is 11.3. The molecule has 4 heteroatoms. The Kier molecular flexibility index (Phi) is 5.17. The van der Waals surface area contributed by atoms with Gasteiger partial charge in [-0.15, -0.1) is 0 Å². The molecule has 0 aliphatic rings. The van der Waals surface area contributed by atoms with Crippen molar-refractivity contribution in [2.75, 3.05) is 7.11 Å². The third-order valence-corrected chi connectivity index (χ3v) is 3.72. The van der Waals surface area contributed by atoms with Crippen LogP contribution in [0.15, 0.2) is 53.0 Å². The van der Waals surface area contributed by atoms with Gasteiger partial charge in [-0.25, -0.2) is 0 Å². The molecular weight excluding hydrogens is 318 g/mol. The summed E-state index contributed by atoms with van der Waals surface area (Å²) in [4.78, 5) is 0. The molecule has 0 bridgehead atoms. The molecular formula is C16H18BrNO2. The average Bonchev–Trinajstić information content (AvgIpc) is 2.47. The van der Waals surface area contributed by atoms with E-state index in [9.17, 15) is 5.11 Å². The van der Waals surface area contributed by atoms with Gasteiger partial charge in [-0.05, 0) is 30.2 Å². The van der Waals surface area contributed by atoms with Crippen molar-refractivity contribution in [3.05, 3.63) is 64.1 Å². The van der Waals surface area contributed by atoms with Gasteiger partial charge in [0, 0.05) is 16.1 Å². The van der Waals surface area contributed by atoms with Crippen molar-refractivity contribution in [3.8, 4) is 5.75 Å². The van der Waals surface area contributed by atoms with Crippen LogP contribution in [0.2, 0.25) is 0 Å². The molecule has 2 aromatic rings. The van der Waals surface area contributed by atoms with Gasteiger partial charge in [-0.1, -0.05) is 46.3 Å². The molecule has 106 valence electrons. The second kappa shape index (κ2) is 6.88. The van der Waals surface area contributed by atoms with Gasteiger partial charge in [0.2, 0.25) is 0 Å². The quantitative estimate of drug-likeness (QED) is 0.882. The highest BCUT2D eigenvalue weighted by Crippen LogP contribution is 2.30. The molecule has 0 heterocycles. The summed E-state index contributed by atoms with van der Waals surface area (Å²) in [5, 5.41) is 10.5. The lowest BCUT2D eigenvalue weighted by atomic mass is 9.96. The van der Waals surface area contributed by atoms with Gasteiger partial charge in [-0.2, -0.15) is 0 Å². The van der Waals surface area contributed by atoms with Crippen LogP contribution in [0.25, 0.3) is 0 Å². The monoisotopic (exact) mass is 335 g/mol. The van der Waals surface area contributed by atoms with Crippen molar-refractivity contribution < 1.29 is 9.84 Å². The Morgan fingerprint density at radius 2 is 1.90 bits per heavy atom. The fourth-order valence-corrected chi connectivity index (χ4v) is 2.54. The van der Waals surface area contributed by atoms with Crippen molar-refractivity contribution in [2.24, 2.45) is 5.73 Å². The SMILES string of the molecule is COc1ccc(Br)cc1C(O)C(N)Cc1ccccc1. The van der Waals surface area contributed by atoms with Crippen LogP contribution in [0, 0.1) is 0 Å². The van der Waals surface area contributed by atoms with E-state index in [0.29, 0.717) is 17.7 Å². The van der Waals surface area contributed by atoms with E-state index in [4.69, 9.17) is 10.5 Å². The van der Waals surface area contributed by atoms with E-state index < -0.39 is 6.10 Å². The van der Waals surface area contributed by atoms with E-state index in [1.165, 1.54) is 0 Å². The minimum atomic E-state index is -0.775. The summed E-state index contributed by atoms with van der Waals surface area (Å²) in [7, 11) is 1.59. The topological polar surface area (TPSA) is 55.5 Å². The number of benzene rings is 2. The van der Waals surface area contributed by atoms with Gasteiger partial charge in [0.1, 0.15) is 5.75 Å². The molecule has 0 aliphatic heterocycles. The Bertz CT molecular complexity index is 560. The number of aliphatic hydroxyl groups is 1. The minimum absolute atomic E-state index is 0.388. The molecule has 3 N–H and O–H groups in total. The first-order valence-corrected chi connectivity index (χ1v) is 7.22. The number of rotatable bonds is 5. The maximum absolute atomic E-state index is 10.5. The third-order valence-electron chi connectivity index (χ3n) is 3.23. The Morgan fingerprint density at radius 3 is 2.55 bits per heavy atom. The van der Waals surface area contributed by atoms with E-state index in [1.54, 1.807) is 7.11 Å². The maximum atomic E-state index is 10.5. The molecule has 0 amide bonds. The summed E-state index contributed by atoms with van der Waals surface area (Å²) < 4.78 is 6.17. The second-order valence-electron chi connectivity index (χ2n) is 4.68. The molecule has 2 rings (SSSR count). The van der Waals surface area contributed by atoms with Crippen LogP contribution >= 0.6 is 15.9 Å². The van der Waals surface area contributed by atoms with E-state index in [0.717, 1.165) is 10.0 Å². The number of hydrogen-bond donors (Lipinski definition) is 2. The fourth-order valence-electron chi connectivity index (χ4n) is 2.16. The van der Waals surface area contributed by atoms with Crippen LogP contribution in [-0.4, -0.2) is 18.3 Å². The molecule has 2 aromatic carbocycles. The molecule has 0 radical (unpaired) electrons. The molecule has 0 fully saturated rings. The van der Waals surface area contributed by atoms with Crippen molar-refractivity contribution in [1.29, 1.82) is 0 Å². The second-order valence-corrected chi connectivity index (χ2v) is 5.60. The van der Waals surface area contributed by atoms with Gasteiger partial charge in [0.15, 0.2) is 0 Å². The average molecular weight is 336 g/mol. The normalized spacial score (nSPS) is 13.8. The molecule has 0 aromatic heterocycles. The minimum Gasteiger partial charge on any atom is -0.496 e. The van der Waals surface area contributed by atoms with Gasteiger partial charge < -0.3 is 15.6 Å². The van der Waals surface area contributed by atoms with E-state index in [-0.39, 0.29) is 6.04 Å². The van der Waals surface area contributed by atoms with Crippen molar-refractivity contribution in [2.45, 2.75) is 18.6 Å². The Labute approximate surface area is 127 Å². The highest BCUT2D eigenvalue weighted by molar-refractivity contribution is 9.10. The number of ether oxygens (including phenoxy) is 1. The third kappa shape index (κ3) is 3.60. The first kappa shape index (κ1) is 15.0. The largest absolute Gasteiger partial charge is 0.496 e. The lowest BCUT2D eigenvalue weighted by molar-refractivity contribution is 0.142. The summed E-state index contributed by atoms with van der Waals surface area (Å²) in [6, 6.07) is 15.0. The van der Waals surface area contributed by atoms with E-state index >= 15 is 0 Å². The zero-order valence-corrected chi connectivity index (χ0v) is 12.9.